The van der Waals surface area contributed by atoms with Crippen molar-refractivity contribution in [2.24, 2.45) is 5.92 Å². The molecule has 0 spiro atoms. The van der Waals surface area contributed by atoms with Crippen molar-refractivity contribution in [2.45, 2.75) is 6.92 Å². The summed E-state index contributed by atoms with van der Waals surface area (Å²) >= 11 is 0. The Morgan fingerprint density at radius 3 is 2.56 bits per heavy atom. The molecule has 0 N–H and O–H groups in total. The molecule has 0 unspecified atom stereocenters. The molecule has 0 heterocycles. The van der Waals surface area contributed by atoms with Crippen molar-refractivity contribution in [3.63, 3.8) is 0 Å². The first-order valence-electron chi connectivity index (χ1n) is 3.36. The summed E-state index contributed by atoms with van der Waals surface area (Å²) in [6.45, 7) is 3.67. The zero-order chi connectivity index (χ0) is 6.53. The van der Waals surface area contributed by atoms with Crippen LogP contribution in [0.1, 0.15) is 6.92 Å². The molecule has 1 rings (SSSR count). The molecular formula is C8H12O. The molecule has 0 aromatic rings. The van der Waals surface area contributed by atoms with Gasteiger partial charge in [-0.25, -0.2) is 0 Å². The molecule has 0 saturated heterocycles. The van der Waals surface area contributed by atoms with Gasteiger partial charge in [0.15, 0.2) is 0 Å². The van der Waals surface area contributed by atoms with Gasteiger partial charge in [-0.05, 0) is 6.92 Å². The molecular weight excluding hydrogens is 112 g/mol. The second-order valence-corrected chi connectivity index (χ2v) is 2.09. The van der Waals surface area contributed by atoms with E-state index in [9.17, 15) is 0 Å². The smallest absolute Gasteiger partial charge is 0.0563 e. The second-order valence-electron chi connectivity index (χ2n) is 2.09. The van der Waals surface area contributed by atoms with Crippen LogP contribution in [0.3, 0.4) is 0 Å². The highest BCUT2D eigenvalue weighted by molar-refractivity contribution is 5.17. The van der Waals surface area contributed by atoms with E-state index >= 15 is 0 Å². The quantitative estimate of drug-likeness (QED) is 0.557. The van der Waals surface area contributed by atoms with Gasteiger partial charge in [-0.15, -0.1) is 0 Å². The van der Waals surface area contributed by atoms with Gasteiger partial charge >= 0.3 is 0 Å². The van der Waals surface area contributed by atoms with E-state index in [2.05, 4.69) is 24.3 Å². The van der Waals surface area contributed by atoms with Gasteiger partial charge in [0.25, 0.3) is 0 Å². The molecule has 50 valence electrons. The van der Waals surface area contributed by atoms with Crippen molar-refractivity contribution >= 4 is 0 Å². The van der Waals surface area contributed by atoms with Crippen LogP contribution >= 0.6 is 0 Å². The molecule has 0 aromatic carbocycles. The van der Waals surface area contributed by atoms with Crippen LogP contribution in [0.4, 0.5) is 0 Å². The summed E-state index contributed by atoms with van der Waals surface area (Å²) in [5, 5.41) is 0. The summed E-state index contributed by atoms with van der Waals surface area (Å²) in [5.74, 6) is 0.532. The Labute approximate surface area is 56.0 Å². The largest absolute Gasteiger partial charge is 0.381 e. The third-order valence-electron chi connectivity index (χ3n) is 1.34. The summed E-state index contributed by atoms with van der Waals surface area (Å²) in [6.07, 6.45) is 8.42. The molecule has 1 nitrogen and oxygen atoms in total. The van der Waals surface area contributed by atoms with E-state index in [1.165, 1.54) is 0 Å². The first kappa shape index (κ1) is 6.56. The SMILES string of the molecule is CCOCC1C=CC=C1. The minimum Gasteiger partial charge on any atom is -0.381 e. The Bertz CT molecular complexity index is 113. The van der Waals surface area contributed by atoms with Gasteiger partial charge in [0.2, 0.25) is 0 Å². The number of hydrogen-bond acceptors (Lipinski definition) is 1. The minimum atomic E-state index is 0.532. The fourth-order valence-corrected chi connectivity index (χ4v) is 0.843. The highest BCUT2D eigenvalue weighted by Crippen LogP contribution is 2.08. The lowest BCUT2D eigenvalue weighted by Crippen LogP contribution is -2.01. The van der Waals surface area contributed by atoms with Crippen molar-refractivity contribution in [3.05, 3.63) is 24.3 Å². The van der Waals surface area contributed by atoms with Crippen molar-refractivity contribution in [3.8, 4) is 0 Å². The molecule has 0 atom stereocenters. The first-order valence-corrected chi connectivity index (χ1v) is 3.36. The van der Waals surface area contributed by atoms with Gasteiger partial charge in [-0.1, -0.05) is 24.3 Å². The van der Waals surface area contributed by atoms with Gasteiger partial charge < -0.3 is 4.74 Å². The van der Waals surface area contributed by atoms with E-state index < -0.39 is 0 Å². The Hall–Kier alpha value is -0.560. The van der Waals surface area contributed by atoms with Gasteiger partial charge in [-0.2, -0.15) is 0 Å². The summed E-state index contributed by atoms with van der Waals surface area (Å²) in [7, 11) is 0. The van der Waals surface area contributed by atoms with Crippen molar-refractivity contribution in [1.29, 1.82) is 0 Å². The summed E-state index contributed by atoms with van der Waals surface area (Å²) in [4.78, 5) is 0. The van der Waals surface area contributed by atoms with Crippen LogP contribution < -0.4 is 0 Å². The highest BCUT2D eigenvalue weighted by atomic mass is 16.5. The molecule has 0 aromatic heterocycles. The first-order chi connectivity index (χ1) is 4.43. The van der Waals surface area contributed by atoms with Crippen molar-refractivity contribution in [2.75, 3.05) is 13.2 Å². The van der Waals surface area contributed by atoms with Gasteiger partial charge in [0.1, 0.15) is 0 Å². The van der Waals surface area contributed by atoms with Crippen LogP contribution in [0.15, 0.2) is 24.3 Å². The maximum absolute atomic E-state index is 5.21. The monoisotopic (exact) mass is 124 g/mol. The maximum Gasteiger partial charge on any atom is 0.0563 e. The van der Waals surface area contributed by atoms with E-state index in [4.69, 9.17) is 4.74 Å². The molecule has 0 radical (unpaired) electrons. The lowest BCUT2D eigenvalue weighted by atomic mass is 10.2. The van der Waals surface area contributed by atoms with E-state index in [1.807, 2.05) is 6.92 Å². The maximum atomic E-state index is 5.21. The number of ether oxygens (including phenoxy) is 1. The molecule has 0 amide bonds. The number of hydrogen-bond donors (Lipinski definition) is 0. The molecule has 9 heavy (non-hydrogen) atoms. The summed E-state index contributed by atoms with van der Waals surface area (Å²) < 4.78 is 5.21. The van der Waals surface area contributed by atoms with Crippen LogP contribution in [0.5, 0.6) is 0 Å². The normalized spacial score (nSPS) is 17.4. The zero-order valence-corrected chi connectivity index (χ0v) is 5.71. The van der Waals surface area contributed by atoms with Gasteiger partial charge in [0.05, 0.1) is 6.61 Å². The predicted octanol–water partition coefficient (Wildman–Crippen LogP) is 1.77. The predicted molar refractivity (Wildman–Crippen MR) is 38.3 cm³/mol. The third kappa shape index (κ3) is 2.02. The van der Waals surface area contributed by atoms with Crippen LogP contribution in [0, 0.1) is 5.92 Å². The van der Waals surface area contributed by atoms with Crippen LogP contribution in [-0.4, -0.2) is 13.2 Å². The van der Waals surface area contributed by atoms with Crippen LogP contribution in [0.2, 0.25) is 0 Å². The van der Waals surface area contributed by atoms with Gasteiger partial charge in [0, 0.05) is 12.5 Å². The van der Waals surface area contributed by atoms with Crippen molar-refractivity contribution < 1.29 is 4.74 Å². The van der Waals surface area contributed by atoms with Crippen LogP contribution in [-0.2, 0) is 4.74 Å². The Morgan fingerprint density at radius 2 is 2.00 bits per heavy atom. The lowest BCUT2D eigenvalue weighted by Gasteiger charge is -2.02. The van der Waals surface area contributed by atoms with Crippen molar-refractivity contribution in [1.82, 2.24) is 0 Å². The van der Waals surface area contributed by atoms with E-state index in [-0.39, 0.29) is 0 Å². The highest BCUT2D eigenvalue weighted by Gasteiger charge is 2.00. The molecule has 0 saturated carbocycles. The summed E-state index contributed by atoms with van der Waals surface area (Å²) in [5.41, 5.74) is 0. The average Bonchev–Trinajstić information content (AvgIpc) is 2.34. The molecule has 0 bridgehead atoms. The molecule has 0 fully saturated rings. The van der Waals surface area contributed by atoms with E-state index in [0.29, 0.717) is 5.92 Å². The number of rotatable bonds is 3. The Balaban J connectivity index is 2.13. The third-order valence-corrected chi connectivity index (χ3v) is 1.34. The Morgan fingerprint density at radius 1 is 1.33 bits per heavy atom. The zero-order valence-electron chi connectivity index (χ0n) is 5.71. The Kier molecular flexibility index (Phi) is 2.52. The van der Waals surface area contributed by atoms with E-state index in [1.54, 1.807) is 0 Å². The minimum absolute atomic E-state index is 0.532. The average molecular weight is 124 g/mol. The topological polar surface area (TPSA) is 9.23 Å². The van der Waals surface area contributed by atoms with E-state index in [0.717, 1.165) is 13.2 Å². The lowest BCUT2D eigenvalue weighted by molar-refractivity contribution is 0.136. The number of allylic oxidation sites excluding steroid dienone is 2. The fourth-order valence-electron chi connectivity index (χ4n) is 0.843. The van der Waals surface area contributed by atoms with Gasteiger partial charge in [-0.3, -0.25) is 0 Å². The standard InChI is InChI=1S/C8H12O/c1-2-9-7-8-5-3-4-6-8/h3-6,8H,2,7H2,1H3. The molecule has 1 heteroatoms. The molecule has 0 aliphatic heterocycles. The fraction of sp³-hybridized carbons (Fsp3) is 0.500. The second kappa shape index (κ2) is 3.46. The molecule has 1 aliphatic rings. The summed E-state index contributed by atoms with van der Waals surface area (Å²) in [6, 6.07) is 0. The molecule has 1 aliphatic carbocycles. The van der Waals surface area contributed by atoms with Crippen LogP contribution in [0.25, 0.3) is 0 Å².